The molecule has 0 bridgehead atoms. The van der Waals surface area contributed by atoms with E-state index in [9.17, 15) is 19.5 Å². The fraction of sp³-hybridized carbons (Fsp3) is 0.0714. The standard InChI is InChI=1S/C28H21N3O4/c1-16-12-13-19(14-17(16)2)31-27(34)22(26(33)30-28(31)35)15-21-20-10-6-7-11-23(20)29-24(21)25(32)18-8-4-3-5-9-18/h3-15,34H,1-2H3,(H,30,33,35). The van der Waals surface area contributed by atoms with Gasteiger partial charge in [-0.2, -0.15) is 0 Å². The lowest BCUT2D eigenvalue weighted by atomic mass is 9.95. The molecular weight excluding hydrogens is 442 g/mol. The molecule has 5 rings (SSSR count). The Morgan fingerprint density at radius 1 is 0.943 bits per heavy atom. The van der Waals surface area contributed by atoms with E-state index in [4.69, 9.17) is 0 Å². The largest absolute Gasteiger partial charge is 0.494 e. The van der Waals surface area contributed by atoms with Gasteiger partial charge in [0.15, 0.2) is 0 Å². The van der Waals surface area contributed by atoms with Gasteiger partial charge in [0, 0.05) is 16.7 Å². The van der Waals surface area contributed by atoms with Gasteiger partial charge in [-0.3, -0.25) is 14.6 Å². The molecular formula is C28H21N3O4. The minimum atomic E-state index is -0.768. The molecule has 0 spiro atoms. The predicted octanol–water partition coefficient (Wildman–Crippen LogP) is 4.36. The van der Waals surface area contributed by atoms with Crippen LogP contribution in [0.25, 0.3) is 17.3 Å². The van der Waals surface area contributed by atoms with E-state index in [-0.39, 0.29) is 17.1 Å². The molecule has 7 heteroatoms. The van der Waals surface area contributed by atoms with Crippen LogP contribution in [-0.2, 0) is 0 Å². The number of fused-ring (bicyclic) bond motifs is 1. The molecule has 0 amide bonds. The van der Waals surface area contributed by atoms with E-state index in [1.807, 2.05) is 26.0 Å². The van der Waals surface area contributed by atoms with Crippen LogP contribution in [0.2, 0.25) is 0 Å². The Morgan fingerprint density at radius 2 is 1.66 bits per heavy atom. The first-order valence-electron chi connectivity index (χ1n) is 11.0. The summed E-state index contributed by atoms with van der Waals surface area (Å²) in [5, 5.41) is 11.1. The number of aromatic hydroxyl groups is 1. The molecule has 2 N–H and O–H groups in total. The maximum Gasteiger partial charge on any atom is 0.335 e. The number of rotatable bonds is 4. The van der Waals surface area contributed by atoms with Crippen LogP contribution in [0.15, 0.2) is 87.4 Å². The van der Waals surface area contributed by atoms with Crippen molar-refractivity contribution in [1.29, 1.82) is 0 Å². The van der Waals surface area contributed by atoms with Crippen molar-refractivity contribution in [2.24, 2.45) is 4.99 Å². The third kappa shape index (κ3) is 3.83. The van der Waals surface area contributed by atoms with Crippen molar-refractivity contribution in [2.75, 3.05) is 0 Å². The van der Waals surface area contributed by atoms with E-state index in [1.165, 1.54) is 6.08 Å². The van der Waals surface area contributed by atoms with Crippen molar-refractivity contribution in [2.45, 2.75) is 13.8 Å². The fourth-order valence-electron chi connectivity index (χ4n) is 4.07. The topological polar surface area (TPSA) is 105 Å². The van der Waals surface area contributed by atoms with Crippen LogP contribution in [0.5, 0.6) is 5.88 Å². The summed E-state index contributed by atoms with van der Waals surface area (Å²) in [5.41, 5.74) is 2.89. The molecule has 172 valence electrons. The molecule has 1 aliphatic rings. The van der Waals surface area contributed by atoms with Gasteiger partial charge in [-0.1, -0.05) is 54.6 Å². The molecule has 35 heavy (non-hydrogen) atoms. The first-order chi connectivity index (χ1) is 16.8. The van der Waals surface area contributed by atoms with E-state index < -0.39 is 17.1 Å². The number of para-hydroxylation sites is 1. The van der Waals surface area contributed by atoms with Crippen LogP contribution in [0.4, 0.5) is 5.69 Å². The number of hydrogen-bond donors (Lipinski definition) is 2. The lowest BCUT2D eigenvalue weighted by molar-refractivity contribution is 0.106. The maximum atomic E-state index is 13.3. The predicted molar refractivity (Wildman–Crippen MR) is 136 cm³/mol. The lowest BCUT2D eigenvalue weighted by Crippen LogP contribution is -2.30. The second kappa shape index (κ2) is 8.53. The molecule has 1 aliphatic heterocycles. The highest BCUT2D eigenvalue weighted by Gasteiger charge is 2.28. The molecule has 1 aromatic heterocycles. The smallest absolute Gasteiger partial charge is 0.335 e. The van der Waals surface area contributed by atoms with Crippen LogP contribution in [0, 0.1) is 13.8 Å². The highest BCUT2D eigenvalue weighted by atomic mass is 16.3. The van der Waals surface area contributed by atoms with Crippen molar-refractivity contribution < 1.29 is 9.90 Å². The second-order valence-electron chi connectivity index (χ2n) is 8.33. The Hall–Kier alpha value is -4.78. The van der Waals surface area contributed by atoms with E-state index in [2.05, 4.69) is 9.98 Å². The molecule has 0 fully saturated rings. The Balaban J connectivity index is 1.72. The lowest BCUT2D eigenvalue weighted by Gasteiger charge is -2.12. The molecule has 0 saturated heterocycles. The number of Topliss-reactive ketones (excluding diaryl/α,β-unsaturated/α-hetero) is 1. The minimum absolute atomic E-state index is 0.150. The normalized spacial score (nSPS) is 13.5. The SMILES string of the molecule is Cc1ccc(-n2c(O)c(C=C3C(C(=O)c4ccccc4)=Nc4ccccc43)c(=O)[nH]c2=O)cc1C. The first kappa shape index (κ1) is 22.0. The Labute approximate surface area is 200 Å². The maximum absolute atomic E-state index is 13.3. The van der Waals surface area contributed by atoms with E-state index in [1.54, 1.807) is 60.7 Å². The van der Waals surface area contributed by atoms with Gasteiger partial charge in [0.1, 0.15) is 11.3 Å². The van der Waals surface area contributed by atoms with E-state index in [0.29, 0.717) is 28.1 Å². The van der Waals surface area contributed by atoms with Gasteiger partial charge in [-0.05, 0) is 49.2 Å². The molecule has 7 nitrogen and oxygen atoms in total. The number of allylic oxidation sites excluding steroid dienone is 1. The number of aromatic amines is 1. The molecule has 0 atom stereocenters. The average Bonchev–Trinajstić information content (AvgIpc) is 3.22. The average molecular weight is 463 g/mol. The highest BCUT2D eigenvalue weighted by Crippen LogP contribution is 2.37. The number of nitrogens with one attached hydrogen (secondary N) is 1. The molecule has 3 aromatic carbocycles. The zero-order valence-electron chi connectivity index (χ0n) is 19.1. The summed E-state index contributed by atoms with van der Waals surface area (Å²) in [7, 11) is 0. The van der Waals surface area contributed by atoms with Crippen LogP contribution in [0.1, 0.15) is 32.6 Å². The van der Waals surface area contributed by atoms with Crippen molar-refractivity contribution in [3.63, 3.8) is 0 Å². The molecule has 0 aliphatic carbocycles. The molecule has 0 radical (unpaired) electrons. The van der Waals surface area contributed by atoms with Gasteiger partial charge in [0.05, 0.1) is 11.4 Å². The Kier molecular flexibility index (Phi) is 5.37. The summed E-state index contributed by atoms with van der Waals surface area (Å²) in [6.07, 6.45) is 1.41. The van der Waals surface area contributed by atoms with Crippen LogP contribution < -0.4 is 11.2 Å². The van der Waals surface area contributed by atoms with Gasteiger partial charge in [-0.15, -0.1) is 0 Å². The summed E-state index contributed by atoms with van der Waals surface area (Å²) in [6, 6.07) is 21.2. The zero-order chi connectivity index (χ0) is 24.7. The molecule has 4 aromatic rings. The third-order valence-electron chi connectivity index (χ3n) is 6.09. The van der Waals surface area contributed by atoms with E-state index in [0.717, 1.165) is 15.7 Å². The fourth-order valence-corrected chi connectivity index (χ4v) is 4.07. The first-order valence-corrected chi connectivity index (χ1v) is 11.0. The number of benzene rings is 3. The number of H-pyrrole nitrogens is 1. The van der Waals surface area contributed by atoms with Crippen molar-refractivity contribution >= 4 is 28.8 Å². The second-order valence-corrected chi connectivity index (χ2v) is 8.33. The summed E-state index contributed by atoms with van der Waals surface area (Å²) >= 11 is 0. The monoisotopic (exact) mass is 463 g/mol. The van der Waals surface area contributed by atoms with Gasteiger partial charge in [0.25, 0.3) is 5.56 Å². The number of ketones is 1. The molecule has 2 heterocycles. The van der Waals surface area contributed by atoms with Gasteiger partial charge in [0.2, 0.25) is 11.7 Å². The van der Waals surface area contributed by atoms with Crippen molar-refractivity contribution in [3.8, 4) is 11.6 Å². The van der Waals surface area contributed by atoms with Crippen LogP contribution in [0.3, 0.4) is 0 Å². The van der Waals surface area contributed by atoms with Gasteiger partial charge in [-0.25, -0.2) is 14.4 Å². The quantitative estimate of drug-likeness (QED) is 0.439. The number of carbonyl (C=O) groups is 1. The number of hydrogen-bond acceptors (Lipinski definition) is 5. The van der Waals surface area contributed by atoms with Crippen LogP contribution in [-0.4, -0.2) is 26.2 Å². The number of aliphatic imine (C=N–C) groups is 1. The Morgan fingerprint density at radius 3 is 2.40 bits per heavy atom. The summed E-state index contributed by atoms with van der Waals surface area (Å²) in [6.45, 7) is 3.83. The van der Waals surface area contributed by atoms with Crippen molar-refractivity contribution in [3.05, 3.63) is 121 Å². The van der Waals surface area contributed by atoms with Gasteiger partial charge >= 0.3 is 5.69 Å². The molecule has 0 unspecified atom stereocenters. The zero-order valence-corrected chi connectivity index (χ0v) is 19.1. The number of carbonyl (C=O) groups excluding carboxylic acids is 1. The number of nitrogens with zero attached hydrogens (tertiary/aromatic N) is 2. The third-order valence-corrected chi connectivity index (χ3v) is 6.09. The minimum Gasteiger partial charge on any atom is -0.494 e. The summed E-state index contributed by atoms with van der Waals surface area (Å²) < 4.78 is 1.04. The van der Waals surface area contributed by atoms with Gasteiger partial charge < -0.3 is 5.11 Å². The number of aromatic nitrogens is 2. The Bertz CT molecular complexity index is 1670. The summed E-state index contributed by atoms with van der Waals surface area (Å²) in [4.78, 5) is 45.6. The number of aryl methyl sites for hydroxylation is 2. The summed E-state index contributed by atoms with van der Waals surface area (Å²) in [5.74, 6) is -0.836. The van der Waals surface area contributed by atoms with E-state index >= 15 is 0 Å². The van der Waals surface area contributed by atoms with Crippen molar-refractivity contribution in [1.82, 2.24) is 9.55 Å². The van der Waals surface area contributed by atoms with Crippen LogP contribution >= 0.6 is 0 Å². The molecule has 0 saturated carbocycles. The highest BCUT2D eigenvalue weighted by molar-refractivity contribution is 6.63.